The molecule has 0 spiro atoms. The average molecular weight is 312 g/mol. The van der Waals surface area contributed by atoms with E-state index >= 15 is 0 Å². The van der Waals surface area contributed by atoms with Crippen LogP contribution < -0.4 is 0 Å². The summed E-state index contributed by atoms with van der Waals surface area (Å²) in [5, 5.41) is 7.20. The van der Waals surface area contributed by atoms with E-state index in [-0.39, 0.29) is 5.91 Å². The number of hydrogen-bond donors (Lipinski definition) is 0. The lowest BCUT2D eigenvalue weighted by molar-refractivity contribution is 0.0756. The van der Waals surface area contributed by atoms with Gasteiger partial charge in [0.2, 0.25) is 0 Å². The molecule has 2 aliphatic rings. The van der Waals surface area contributed by atoms with Crippen molar-refractivity contribution in [1.29, 1.82) is 0 Å². The number of benzene rings is 1. The number of nitrogens with zero attached hydrogens (tertiary/aromatic N) is 4. The summed E-state index contributed by atoms with van der Waals surface area (Å²) in [5.74, 6) is 0.894. The Bertz CT molecular complexity index is 715. The Morgan fingerprint density at radius 3 is 2.83 bits per heavy atom. The number of carbonyl (C=O) groups is 1. The highest BCUT2D eigenvalue weighted by Gasteiger charge is 2.47. The molecule has 0 N–H and O–H groups in total. The van der Waals surface area contributed by atoms with Gasteiger partial charge in [0.15, 0.2) is 5.69 Å². The maximum atomic E-state index is 12.5. The van der Waals surface area contributed by atoms with E-state index in [9.17, 15) is 4.79 Å². The highest BCUT2D eigenvalue weighted by molar-refractivity contribution is 5.92. The predicted molar refractivity (Wildman–Crippen MR) is 83.7 cm³/mol. The summed E-state index contributed by atoms with van der Waals surface area (Å²) in [5.41, 5.74) is 2.99. The Morgan fingerprint density at radius 1 is 1.26 bits per heavy atom. The van der Waals surface area contributed by atoms with E-state index in [1.165, 1.54) is 17.3 Å². The molecule has 6 heteroatoms. The van der Waals surface area contributed by atoms with Crippen LogP contribution in [0.4, 0.5) is 0 Å². The summed E-state index contributed by atoms with van der Waals surface area (Å²) in [6.07, 6.45) is 1.39. The van der Waals surface area contributed by atoms with Gasteiger partial charge < -0.3 is 4.90 Å². The molecule has 0 aliphatic carbocycles. The second-order valence-corrected chi connectivity index (χ2v) is 6.67. The molecule has 2 aliphatic heterocycles. The molecular formula is C17H20N4O2. The molecule has 6 nitrogen and oxygen atoms in total. The number of fused-ring (bicyclic) bond motifs is 1. The minimum atomic E-state index is -0.0770. The number of carbonyl (C=O) groups excluding carboxylic acids is 1. The molecule has 120 valence electrons. The Kier molecular flexibility index (Phi) is 3.41. The van der Waals surface area contributed by atoms with Crippen molar-refractivity contribution in [3.05, 3.63) is 47.3 Å². The van der Waals surface area contributed by atoms with Crippen LogP contribution in [0.5, 0.6) is 0 Å². The number of rotatable bonds is 2. The Hall–Kier alpha value is -2.21. The van der Waals surface area contributed by atoms with E-state index < -0.39 is 0 Å². The number of amides is 1. The standard InChI is InChI=1S/C17H20N4O2/c1-11-5-3-4-6-13(11)16-14-10-21(9-12(14)8-20(16)2)17(22)15-7-18-23-19-15/h3-7,12,14,16H,8-10H2,1-2H3/t12-,14+,16-/m0/s1. The van der Waals surface area contributed by atoms with Gasteiger partial charge in [0.05, 0.1) is 0 Å². The van der Waals surface area contributed by atoms with E-state index in [1.54, 1.807) is 0 Å². The first-order valence-corrected chi connectivity index (χ1v) is 7.97. The second-order valence-electron chi connectivity index (χ2n) is 6.67. The normalized spacial score (nSPS) is 27.4. The van der Waals surface area contributed by atoms with Crippen LogP contribution in [0.3, 0.4) is 0 Å². The lowest BCUT2D eigenvalue weighted by atomic mass is 9.88. The summed E-state index contributed by atoms with van der Waals surface area (Å²) < 4.78 is 4.56. The van der Waals surface area contributed by atoms with E-state index in [4.69, 9.17) is 0 Å². The van der Waals surface area contributed by atoms with Crippen molar-refractivity contribution in [1.82, 2.24) is 20.1 Å². The fourth-order valence-corrected chi connectivity index (χ4v) is 4.23. The molecule has 3 heterocycles. The number of aryl methyl sites for hydroxylation is 1. The molecule has 3 atom stereocenters. The molecule has 1 aromatic carbocycles. The first kappa shape index (κ1) is 14.4. The van der Waals surface area contributed by atoms with Gasteiger partial charge in [0.1, 0.15) is 6.20 Å². The van der Waals surface area contributed by atoms with Crippen LogP contribution in [0.1, 0.15) is 27.7 Å². The molecule has 1 aromatic heterocycles. The summed E-state index contributed by atoms with van der Waals surface area (Å²) >= 11 is 0. The van der Waals surface area contributed by atoms with Gasteiger partial charge in [-0.25, -0.2) is 4.63 Å². The monoisotopic (exact) mass is 312 g/mol. The molecular weight excluding hydrogens is 292 g/mol. The molecule has 2 fully saturated rings. The van der Waals surface area contributed by atoms with E-state index in [0.29, 0.717) is 23.6 Å². The van der Waals surface area contributed by atoms with Crippen LogP contribution in [-0.2, 0) is 0 Å². The third-order valence-electron chi connectivity index (χ3n) is 5.27. The molecule has 4 rings (SSSR count). The maximum Gasteiger partial charge on any atom is 0.277 e. The van der Waals surface area contributed by atoms with Crippen molar-refractivity contribution in [3.63, 3.8) is 0 Å². The summed E-state index contributed by atoms with van der Waals surface area (Å²) in [4.78, 5) is 16.8. The van der Waals surface area contributed by atoms with Crippen molar-refractivity contribution in [2.75, 3.05) is 26.7 Å². The summed E-state index contributed by atoms with van der Waals surface area (Å²) in [7, 11) is 2.18. The third kappa shape index (κ3) is 2.34. The van der Waals surface area contributed by atoms with Crippen LogP contribution in [0.25, 0.3) is 0 Å². The van der Waals surface area contributed by atoms with Gasteiger partial charge in [-0.05, 0) is 36.2 Å². The molecule has 0 saturated carbocycles. The second kappa shape index (κ2) is 5.45. The third-order valence-corrected chi connectivity index (χ3v) is 5.27. The molecule has 1 amide bonds. The first-order chi connectivity index (χ1) is 11.1. The van der Waals surface area contributed by atoms with Gasteiger partial charge in [-0.15, -0.1) is 0 Å². The summed E-state index contributed by atoms with van der Waals surface area (Å²) in [6.45, 7) is 4.72. The molecule has 0 radical (unpaired) electrons. The van der Waals surface area contributed by atoms with E-state index in [0.717, 1.165) is 19.6 Å². The van der Waals surface area contributed by atoms with Gasteiger partial charge in [-0.3, -0.25) is 9.69 Å². The Balaban J connectivity index is 1.58. The highest BCUT2D eigenvalue weighted by atomic mass is 16.6. The SMILES string of the molecule is Cc1ccccc1[C@H]1[C@@H]2CN(C(=O)c3cnon3)C[C@@H]2CN1C. The Morgan fingerprint density at radius 2 is 2.09 bits per heavy atom. The van der Waals surface area contributed by atoms with Crippen molar-refractivity contribution < 1.29 is 9.42 Å². The van der Waals surface area contributed by atoms with Gasteiger partial charge in [-0.1, -0.05) is 29.4 Å². The molecule has 0 unspecified atom stereocenters. The largest absolute Gasteiger partial charge is 0.336 e. The lowest BCUT2D eigenvalue weighted by Crippen LogP contribution is -2.33. The van der Waals surface area contributed by atoms with E-state index in [1.807, 2.05) is 4.90 Å². The van der Waals surface area contributed by atoms with Crippen molar-refractivity contribution in [2.45, 2.75) is 13.0 Å². The van der Waals surface area contributed by atoms with Gasteiger partial charge in [0.25, 0.3) is 5.91 Å². The van der Waals surface area contributed by atoms with Gasteiger partial charge in [0, 0.05) is 31.6 Å². The molecule has 2 saturated heterocycles. The maximum absolute atomic E-state index is 12.5. The zero-order valence-electron chi connectivity index (χ0n) is 13.3. The van der Waals surface area contributed by atoms with Gasteiger partial charge in [-0.2, -0.15) is 0 Å². The van der Waals surface area contributed by atoms with Crippen molar-refractivity contribution in [2.24, 2.45) is 11.8 Å². The van der Waals surface area contributed by atoms with Crippen LogP contribution in [0.2, 0.25) is 0 Å². The number of aromatic nitrogens is 2. The van der Waals surface area contributed by atoms with Gasteiger partial charge >= 0.3 is 0 Å². The average Bonchev–Trinajstić information content (AvgIpc) is 3.23. The van der Waals surface area contributed by atoms with Crippen LogP contribution in [-0.4, -0.2) is 52.7 Å². The van der Waals surface area contributed by atoms with Crippen LogP contribution in [0.15, 0.2) is 35.1 Å². The zero-order valence-corrected chi connectivity index (χ0v) is 13.3. The minimum absolute atomic E-state index is 0.0770. The first-order valence-electron chi connectivity index (χ1n) is 7.97. The summed E-state index contributed by atoms with van der Waals surface area (Å²) in [6, 6.07) is 8.92. The Labute approximate surface area is 135 Å². The smallest absolute Gasteiger partial charge is 0.277 e. The minimum Gasteiger partial charge on any atom is -0.336 e. The topological polar surface area (TPSA) is 62.5 Å². The fraction of sp³-hybridized carbons (Fsp3) is 0.471. The number of hydrogen-bond acceptors (Lipinski definition) is 5. The molecule has 2 aromatic rings. The molecule has 0 bridgehead atoms. The zero-order chi connectivity index (χ0) is 16.0. The lowest BCUT2D eigenvalue weighted by Gasteiger charge is -2.27. The fourth-order valence-electron chi connectivity index (χ4n) is 4.23. The quantitative estimate of drug-likeness (QED) is 0.845. The van der Waals surface area contributed by atoms with Crippen molar-refractivity contribution in [3.8, 4) is 0 Å². The van der Waals surface area contributed by atoms with Crippen molar-refractivity contribution >= 4 is 5.91 Å². The molecule has 23 heavy (non-hydrogen) atoms. The van der Waals surface area contributed by atoms with Crippen LogP contribution in [0, 0.1) is 18.8 Å². The highest BCUT2D eigenvalue weighted by Crippen LogP contribution is 2.44. The van der Waals surface area contributed by atoms with Crippen LogP contribution >= 0.6 is 0 Å². The van der Waals surface area contributed by atoms with E-state index in [2.05, 4.69) is 58.1 Å². The predicted octanol–water partition coefficient (Wildman–Crippen LogP) is 1.75. The number of likely N-dealkylation sites (tertiary alicyclic amines) is 2.